The molecule has 1 amide bonds. The number of hydrogen-bond acceptors (Lipinski definition) is 5. The lowest BCUT2D eigenvalue weighted by Gasteiger charge is -2.15. The molecule has 0 saturated carbocycles. The Labute approximate surface area is 185 Å². The Bertz CT molecular complexity index is 1130. The number of carbonyl (C=O) groups is 1. The van der Waals surface area contributed by atoms with Crippen LogP contribution in [0.2, 0.25) is 5.02 Å². The second-order valence-corrected chi connectivity index (χ2v) is 7.31. The van der Waals surface area contributed by atoms with Gasteiger partial charge < -0.3 is 14.8 Å². The van der Waals surface area contributed by atoms with Gasteiger partial charge in [0.2, 0.25) is 5.91 Å². The Morgan fingerprint density at radius 3 is 2.42 bits per heavy atom. The fraction of sp³-hybridized carbons (Fsp3) is 0.261. The number of rotatable bonds is 8. The molecule has 0 unspecified atom stereocenters. The minimum Gasteiger partial charge on any atom is -0.493 e. The van der Waals surface area contributed by atoms with E-state index < -0.39 is 0 Å². The maximum Gasteiger partial charge on any atom is 0.254 e. The molecule has 31 heavy (non-hydrogen) atoms. The lowest BCUT2D eigenvalue weighted by Crippen LogP contribution is -2.30. The predicted octanol–water partition coefficient (Wildman–Crippen LogP) is 4.17. The Morgan fingerprint density at radius 1 is 1.06 bits per heavy atom. The molecule has 2 aromatic carbocycles. The Morgan fingerprint density at radius 2 is 1.77 bits per heavy atom. The Balaban J connectivity index is 1.92. The van der Waals surface area contributed by atoms with Gasteiger partial charge in [-0.3, -0.25) is 14.2 Å². The molecule has 0 radical (unpaired) electrons. The number of amides is 1. The van der Waals surface area contributed by atoms with Crippen molar-refractivity contribution in [1.29, 1.82) is 0 Å². The molecule has 0 spiro atoms. The van der Waals surface area contributed by atoms with E-state index in [1.54, 1.807) is 42.5 Å². The standard InChI is InChI=1S/C23H24ClN3O4/c1-4-5-17-13-22(29)27(23(26-17)15-6-8-16(24)9-7-15)14-21(28)25-18-10-11-19(30-2)20(12-18)31-3/h6-13H,4-5,14H2,1-3H3,(H,25,28). The number of hydrogen-bond donors (Lipinski definition) is 1. The fourth-order valence-corrected chi connectivity index (χ4v) is 3.29. The van der Waals surface area contributed by atoms with Gasteiger partial charge in [0.15, 0.2) is 11.5 Å². The first-order chi connectivity index (χ1) is 14.9. The van der Waals surface area contributed by atoms with E-state index >= 15 is 0 Å². The van der Waals surface area contributed by atoms with Crippen molar-refractivity contribution < 1.29 is 14.3 Å². The van der Waals surface area contributed by atoms with Crippen LogP contribution < -0.4 is 20.3 Å². The van der Waals surface area contributed by atoms with E-state index in [0.29, 0.717) is 45.7 Å². The third-order valence-electron chi connectivity index (χ3n) is 4.64. The lowest BCUT2D eigenvalue weighted by molar-refractivity contribution is -0.116. The van der Waals surface area contributed by atoms with E-state index in [1.807, 2.05) is 6.92 Å². The van der Waals surface area contributed by atoms with E-state index in [9.17, 15) is 9.59 Å². The largest absolute Gasteiger partial charge is 0.493 e. The summed E-state index contributed by atoms with van der Waals surface area (Å²) in [6.07, 6.45) is 1.53. The zero-order valence-electron chi connectivity index (χ0n) is 17.6. The van der Waals surface area contributed by atoms with Gasteiger partial charge in [0.25, 0.3) is 5.56 Å². The number of methoxy groups -OCH3 is 2. The molecule has 8 heteroatoms. The number of aryl methyl sites for hydroxylation is 1. The number of nitrogens with zero attached hydrogens (tertiary/aromatic N) is 2. The third-order valence-corrected chi connectivity index (χ3v) is 4.89. The van der Waals surface area contributed by atoms with E-state index in [0.717, 1.165) is 6.42 Å². The summed E-state index contributed by atoms with van der Waals surface area (Å²) < 4.78 is 11.8. The van der Waals surface area contributed by atoms with Gasteiger partial charge >= 0.3 is 0 Å². The normalized spacial score (nSPS) is 10.6. The van der Waals surface area contributed by atoms with Crippen molar-refractivity contribution >= 4 is 23.2 Å². The highest BCUT2D eigenvalue weighted by atomic mass is 35.5. The second kappa shape index (κ2) is 10.1. The zero-order chi connectivity index (χ0) is 22.4. The summed E-state index contributed by atoms with van der Waals surface area (Å²) in [6.45, 7) is 1.83. The lowest BCUT2D eigenvalue weighted by atomic mass is 10.2. The predicted molar refractivity (Wildman–Crippen MR) is 121 cm³/mol. The van der Waals surface area contributed by atoms with Gasteiger partial charge in [-0.05, 0) is 42.8 Å². The molecule has 0 saturated heterocycles. The molecule has 162 valence electrons. The molecule has 7 nitrogen and oxygen atoms in total. The topological polar surface area (TPSA) is 82.5 Å². The van der Waals surface area contributed by atoms with Crippen molar-refractivity contribution in [2.45, 2.75) is 26.3 Å². The quantitative estimate of drug-likeness (QED) is 0.567. The summed E-state index contributed by atoms with van der Waals surface area (Å²) in [6, 6.07) is 13.5. The molecule has 1 aromatic heterocycles. The molecule has 0 aliphatic rings. The van der Waals surface area contributed by atoms with Crippen LogP contribution >= 0.6 is 11.6 Å². The Kier molecular flexibility index (Phi) is 7.31. The average molecular weight is 442 g/mol. The molecule has 1 N–H and O–H groups in total. The Hall–Kier alpha value is -3.32. The number of aromatic nitrogens is 2. The van der Waals surface area contributed by atoms with Gasteiger partial charge in [-0.1, -0.05) is 24.9 Å². The molecule has 0 bridgehead atoms. The number of halogens is 1. The first kappa shape index (κ1) is 22.4. The summed E-state index contributed by atoms with van der Waals surface area (Å²) in [4.78, 5) is 30.2. The van der Waals surface area contributed by atoms with Crippen molar-refractivity contribution in [2.24, 2.45) is 0 Å². The first-order valence-corrected chi connectivity index (χ1v) is 10.2. The number of carbonyl (C=O) groups excluding carboxylic acids is 1. The van der Waals surface area contributed by atoms with E-state index in [-0.39, 0.29) is 18.0 Å². The van der Waals surface area contributed by atoms with Crippen LogP contribution in [0.25, 0.3) is 11.4 Å². The van der Waals surface area contributed by atoms with Gasteiger partial charge in [0.1, 0.15) is 12.4 Å². The van der Waals surface area contributed by atoms with Crippen LogP contribution in [0.15, 0.2) is 53.3 Å². The smallest absolute Gasteiger partial charge is 0.254 e. The summed E-state index contributed by atoms with van der Waals surface area (Å²) in [5, 5.41) is 3.37. The SMILES string of the molecule is CCCc1cc(=O)n(CC(=O)Nc2ccc(OC)c(OC)c2)c(-c2ccc(Cl)cc2)n1. The maximum absolute atomic E-state index is 12.8. The average Bonchev–Trinajstić information content (AvgIpc) is 2.76. The summed E-state index contributed by atoms with van der Waals surface area (Å²) in [7, 11) is 3.06. The van der Waals surface area contributed by atoms with Crippen LogP contribution in [0.3, 0.4) is 0 Å². The molecule has 0 fully saturated rings. The number of anilines is 1. The maximum atomic E-state index is 12.8. The van der Waals surface area contributed by atoms with Gasteiger partial charge in [-0.2, -0.15) is 0 Å². The summed E-state index contributed by atoms with van der Waals surface area (Å²) in [5.74, 6) is 1.10. The van der Waals surface area contributed by atoms with Crippen LogP contribution in [0, 0.1) is 0 Å². The molecule has 3 aromatic rings. The first-order valence-electron chi connectivity index (χ1n) is 9.83. The van der Waals surface area contributed by atoms with E-state index in [4.69, 9.17) is 21.1 Å². The van der Waals surface area contributed by atoms with Crippen LogP contribution in [0.5, 0.6) is 11.5 Å². The molecule has 0 aliphatic heterocycles. The fourth-order valence-electron chi connectivity index (χ4n) is 3.17. The molecule has 3 rings (SSSR count). The minimum absolute atomic E-state index is 0.190. The van der Waals surface area contributed by atoms with Crippen LogP contribution in [0.1, 0.15) is 19.0 Å². The molecule has 0 aliphatic carbocycles. The van der Waals surface area contributed by atoms with Crippen LogP contribution in [-0.2, 0) is 17.8 Å². The number of benzene rings is 2. The molecular weight excluding hydrogens is 418 g/mol. The molecule has 1 heterocycles. The third kappa shape index (κ3) is 5.44. The van der Waals surface area contributed by atoms with Crippen LogP contribution in [-0.4, -0.2) is 29.7 Å². The highest BCUT2D eigenvalue weighted by Gasteiger charge is 2.15. The zero-order valence-corrected chi connectivity index (χ0v) is 18.4. The van der Waals surface area contributed by atoms with Gasteiger partial charge in [0.05, 0.1) is 14.2 Å². The monoisotopic (exact) mass is 441 g/mol. The van der Waals surface area contributed by atoms with E-state index in [1.165, 1.54) is 24.9 Å². The summed E-state index contributed by atoms with van der Waals surface area (Å²) in [5.41, 5.74) is 1.64. The molecular formula is C23H24ClN3O4. The number of ether oxygens (including phenoxy) is 2. The highest BCUT2D eigenvalue weighted by Crippen LogP contribution is 2.29. The summed E-state index contributed by atoms with van der Waals surface area (Å²) >= 11 is 6.00. The van der Waals surface area contributed by atoms with Crippen molar-refractivity contribution in [3.05, 3.63) is 69.6 Å². The second-order valence-electron chi connectivity index (χ2n) is 6.87. The van der Waals surface area contributed by atoms with Gasteiger partial charge in [-0.15, -0.1) is 0 Å². The van der Waals surface area contributed by atoms with Gasteiger partial charge in [-0.25, -0.2) is 4.98 Å². The van der Waals surface area contributed by atoms with Crippen molar-refractivity contribution in [3.63, 3.8) is 0 Å². The van der Waals surface area contributed by atoms with Gasteiger partial charge in [0, 0.05) is 34.1 Å². The van der Waals surface area contributed by atoms with Crippen molar-refractivity contribution in [3.8, 4) is 22.9 Å². The van der Waals surface area contributed by atoms with Crippen molar-refractivity contribution in [1.82, 2.24) is 9.55 Å². The highest BCUT2D eigenvalue weighted by molar-refractivity contribution is 6.30. The number of nitrogens with one attached hydrogen (secondary N) is 1. The van der Waals surface area contributed by atoms with Crippen LogP contribution in [0.4, 0.5) is 5.69 Å². The molecule has 0 atom stereocenters. The van der Waals surface area contributed by atoms with E-state index in [2.05, 4.69) is 10.3 Å². The minimum atomic E-state index is -0.366. The van der Waals surface area contributed by atoms with Crippen molar-refractivity contribution in [2.75, 3.05) is 19.5 Å².